The average Bonchev–Trinajstić information content (AvgIpc) is 2.51. The molecule has 24 heavy (non-hydrogen) atoms. The van der Waals surface area contributed by atoms with Crippen LogP contribution in [0.2, 0.25) is 0 Å². The molecule has 0 aromatic heterocycles. The summed E-state index contributed by atoms with van der Waals surface area (Å²) in [6.07, 6.45) is 0. The highest BCUT2D eigenvalue weighted by Crippen LogP contribution is 2.14. The Bertz CT molecular complexity index is 658. The van der Waals surface area contributed by atoms with Crippen LogP contribution in [0.4, 0.5) is 14.5 Å². The van der Waals surface area contributed by atoms with Gasteiger partial charge in [-0.1, -0.05) is 17.7 Å². The summed E-state index contributed by atoms with van der Waals surface area (Å²) in [5.41, 5.74) is 2.85. The van der Waals surface area contributed by atoms with Crippen molar-refractivity contribution < 1.29 is 23.2 Å². The Hall–Kier alpha value is -2.47. The fourth-order valence-corrected chi connectivity index (χ4v) is 2.32. The van der Waals surface area contributed by atoms with Crippen LogP contribution in [0.25, 0.3) is 0 Å². The molecule has 0 spiro atoms. The van der Waals surface area contributed by atoms with Crippen LogP contribution in [-0.4, -0.2) is 26.1 Å². The summed E-state index contributed by atoms with van der Waals surface area (Å²) in [5, 5.41) is 2.85. The number of halogens is 2. The number of hydrogen-bond donors (Lipinski definition) is 2. The maximum absolute atomic E-state index is 12.1. The lowest BCUT2D eigenvalue weighted by Gasteiger charge is -2.14. The van der Waals surface area contributed by atoms with Gasteiger partial charge in [0, 0.05) is 11.3 Å². The molecule has 1 amide bonds. The van der Waals surface area contributed by atoms with E-state index in [9.17, 15) is 13.6 Å². The SMILES string of the molecule is Cc1ccc(NC(=O)C[NH+](C)Cc2ccc(OC(F)F)cc2)cc1. The Morgan fingerprint density at radius 2 is 1.75 bits per heavy atom. The highest BCUT2D eigenvalue weighted by molar-refractivity contribution is 5.91. The van der Waals surface area contributed by atoms with Crippen LogP contribution < -0.4 is 15.0 Å². The molecule has 0 radical (unpaired) electrons. The van der Waals surface area contributed by atoms with Gasteiger partial charge in [0.2, 0.25) is 0 Å². The largest absolute Gasteiger partial charge is 0.435 e. The molecule has 0 saturated carbocycles. The second kappa shape index (κ2) is 8.40. The first kappa shape index (κ1) is 17.9. The number of aryl methyl sites for hydroxylation is 1. The Labute approximate surface area is 140 Å². The van der Waals surface area contributed by atoms with Crippen molar-refractivity contribution in [3.8, 4) is 5.75 Å². The van der Waals surface area contributed by atoms with E-state index in [0.29, 0.717) is 13.1 Å². The lowest BCUT2D eigenvalue weighted by atomic mass is 10.2. The number of carbonyl (C=O) groups excluding carboxylic acids is 1. The van der Waals surface area contributed by atoms with Crippen molar-refractivity contribution in [2.45, 2.75) is 20.1 Å². The summed E-state index contributed by atoms with van der Waals surface area (Å²) in [4.78, 5) is 13.0. The first-order chi connectivity index (χ1) is 11.4. The zero-order chi connectivity index (χ0) is 17.5. The predicted molar refractivity (Wildman–Crippen MR) is 88.3 cm³/mol. The van der Waals surface area contributed by atoms with Crippen LogP contribution in [0.3, 0.4) is 0 Å². The second-order valence-corrected chi connectivity index (χ2v) is 5.75. The van der Waals surface area contributed by atoms with Crippen molar-refractivity contribution in [2.24, 2.45) is 0 Å². The van der Waals surface area contributed by atoms with Crippen LogP contribution in [-0.2, 0) is 11.3 Å². The average molecular weight is 335 g/mol. The lowest BCUT2D eigenvalue weighted by molar-refractivity contribution is -0.885. The number of benzene rings is 2. The molecule has 0 aliphatic rings. The first-order valence-corrected chi connectivity index (χ1v) is 7.64. The Kier molecular flexibility index (Phi) is 6.26. The van der Waals surface area contributed by atoms with Crippen molar-refractivity contribution in [3.63, 3.8) is 0 Å². The predicted octanol–water partition coefficient (Wildman–Crippen LogP) is 2.25. The van der Waals surface area contributed by atoms with Gasteiger partial charge in [-0.3, -0.25) is 4.79 Å². The molecule has 1 unspecified atom stereocenters. The molecule has 0 fully saturated rings. The fourth-order valence-electron chi connectivity index (χ4n) is 2.32. The molecule has 0 bridgehead atoms. The molecule has 0 saturated heterocycles. The summed E-state index contributed by atoms with van der Waals surface area (Å²) in [5.74, 6) is 0.0533. The number of quaternary nitrogens is 1. The Morgan fingerprint density at radius 1 is 1.12 bits per heavy atom. The standard InChI is InChI=1S/C18H20F2N2O2/c1-13-3-7-15(8-4-13)21-17(23)12-22(2)11-14-5-9-16(10-6-14)24-18(19)20/h3-10,18H,11-12H2,1-2H3,(H,21,23)/p+1. The third-order valence-corrected chi connectivity index (χ3v) is 3.45. The van der Waals surface area contributed by atoms with E-state index in [2.05, 4.69) is 10.1 Å². The van der Waals surface area contributed by atoms with Gasteiger partial charge in [-0.25, -0.2) is 0 Å². The van der Waals surface area contributed by atoms with Crippen LogP contribution >= 0.6 is 0 Å². The number of nitrogens with one attached hydrogen (secondary N) is 2. The molecule has 6 heteroatoms. The smallest absolute Gasteiger partial charge is 0.387 e. The van der Waals surface area contributed by atoms with Gasteiger partial charge in [0.05, 0.1) is 7.05 Å². The van der Waals surface area contributed by atoms with Crippen LogP contribution in [0, 0.1) is 6.92 Å². The zero-order valence-corrected chi connectivity index (χ0v) is 13.7. The minimum Gasteiger partial charge on any atom is -0.435 e. The molecular formula is C18H21F2N2O2+. The normalized spacial score (nSPS) is 12.0. The summed E-state index contributed by atoms with van der Waals surface area (Å²) >= 11 is 0. The van der Waals surface area contributed by atoms with Crippen molar-refractivity contribution in [1.29, 1.82) is 0 Å². The summed E-state index contributed by atoms with van der Waals surface area (Å²) in [6.45, 7) is 0.0789. The minimum atomic E-state index is -2.82. The number of rotatable bonds is 7. The number of alkyl halides is 2. The number of hydrogen-bond acceptors (Lipinski definition) is 2. The number of ether oxygens (including phenoxy) is 1. The van der Waals surface area contributed by atoms with Gasteiger partial charge < -0.3 is 15.0 Å². The van der Waals surface area contributed by atoms with E-state index < -0.39 is 6.61 Å². The van der Waals surface area contributed by atoms with E-state index in [1.165, 1.54) is 12.1 Å². The van der Waals surface area contributed by atoms with E-state index >= 15 is 0 Å². The number of amides is 1. The van der Waals surface area contributed by atoms with E-state index in [0.717, 1.165) is 21.7 Å². The molecule has 128 valence electrons. The van der Waals surface area contributed by atoms with E-state index in [-0.39, 0.29) is 11.7 Å². The summed E-state index contributed by atoms with van der Waals surface area (Å²) in [6, 6.07) is 14.1. The molecule has 2 aromatic carbocycles. The summed E-state index contributed by atoms with van der Waals surface area (Å²) in [7, 11) is 1.90. The molecule has 0 aliphatic carbocycles. The van der Waals surface area contributed by atoms with E-state index in [1.54, 1.807) is 12.1 Å². The summed E-state index contributed by atoms with van der Waals surface area (Å²) < 4.78 is 28.5. The molecule has 1 atom stereocenters. The van der Waals surface area contributed by atoms with Gasteiger partial charge >= 0.3 is 6.61 Å². The first-order valence-electron chi connectivity index (χ1n) is 7.64. The third kappa shape index (κ3) is 5.96. The highest BCUT2D eigenvalue weighted by atomic mass is 19.3. The molecule has 0 heterocycles. The van der Waals surface area contributed by atoms with Crippen LogP contribution in [0.5, 0.6) is 5.75 Å². The van der Waals surface area contributed by atoms with E-state index in [1.807, 2.05) is 38.2 Å². The molecule has 0 aliphatic heterocycles. The zero-order valence-electron chi connectivity index (χ0n) is 13.7. The maximum Gasteiger partial charge on any atom is 0.387 e. The van der Waals surface area contributed by atoms with Gasteiger partial charge in [0.1, 0.15) is 12.3 Å². The van der Waals surface area contributed by atoms with Crippen molar-refractivity contribution in [1.82, 2.24) is 0 Å². The van der Waals surface area contributed by atoms with Gasteiger partial charge in [-0.05, 0) is 43.3 Å². The van der Waals surface area contributed by atoms with Gasteiger partial charge in [-0.15, -0.1) is 0 Å². The molecule has 4 nitrogen and oxygen atoms in total. The number of likely N-dealkylation sites (N-methyl/N-ethyl adjacent to an activating group) is 1. The topological polar surface area (TPSA) is 42.8 Å². The van der Waals surface area contributed by atoms with Crippen molar-refractivity contribution in [3.05, 3.63) is 59.7 Å². The highest BCUT2D eigenvalue weighted by Gasteiger charge is 2.11. The Morgan fingerprint density at radius 3 is 2.33 bits per heavy atom. The maximum atomic E-state index is 12.1. The number of carbonyl (C=O) groups is 1. The van der Waals surface area contributed by atoms with Crippen molar-refractivity contribution >= 4 is 11.6 Å². The van der Waals surface area contributed by atoms with Gasteiger partial charge in [0.15, 0.2) is 6.54 Å². The fraction of sp³-hybridized carbons (Fsp3) is 0.278. The second-order valence-electron chi connectivity index (χ2n) is 5.75. The number of anilines is 1. The Balaban J connectivity index is 1.82. The van der Waals surface area contributed by atoms with Gasteiger partial charge in [0.25, 0.3) is 5.91 Å². The lowest BCUT2D eigenvalue weighted by Crippen LogP contribution is -3.08. The van der Waals surface area contributed by atoms with Gasteiger partial charge in [-0.2, -0.15) is 8.78 Å². The van der Waals surface area contributed by atoms with Crippen LogP contribution in [0.15, 0.2) is 48.5 Å². The van der Waals surface area contributed by atoms with Crippen molar-refractivity contribution in [2.75, 3.05) is 18.9 Å². The quantitative estimate of drug-likeness (QED) is 0.815. The van der Waals surface area contributed by atoms with E-state index in [4.69, 9.17) is 0 Å². The van der Waals surface area contributed by atoms with Crippen LogP contribution in [0.1, 0.15) is 11.1 Å². The third-order valence-electron chi connectivity index (χ3n) is 3.45. The monoisotopic (exact) mass is 335 g/mol. The minimum absolute atomic E-state index is 0.0750. The molecule has 2 N–H and O–H groups in total. The molecular weight excluding hydrogens is 314 g/mol. The molecule has 2 aromatic rings. The molecule has 2 rings (SSSR count).